The molecule has 3 heterocycles. The number of aryl methyl sites for hydroxylation is 1. The first-order chi connectivity index (χ1) is 17.4. The molecule has 0 radical (unpaired) electrons. The van der Waals surface area contributed by atoms with Crippen LogP contribution in [0.25, 0.3) is 21.8 Å². The minimum Gasteiger partial charge on any atom is -0.368 e. The zero-order valence-corrected chi connectivity index (χ0v) is 21.3. The maximum absolute atomic E-state index is 12.0. The van der Waals surface area contributed by atoms with Crippen molar-refractivity contribution >= 4 is 33.5 Å². The summed E-state index contributed by atoms with van der Waals surface area (Å²) in [6, 6.07) is 16.0. The highest BCUT2D eigenvalue weighted by atomic mass is 16.1. The fraction of sp³-hybridized carbons (Fsp3) is 0.393. The summed E-state index contributed by atoms with van der Waals surface area (Å²) in [6.45, 7) is 9.50. The van der Waals surface area contributed by atoms with Crippen LogP contribution in [0.5, 0.6) is 0 Å². The zero-order chi connectivity index (χ0) is 25.2. The quantitative estimate of drug-likeness (QED) is 0.398. The fourth-order valence-corrected chi connectivity index (χ4v) is 5.12. The van der Waals surface area contributed by atoms with E-state index in [1.165, 1.54) is 16.5 Å². The van der Waals surface area contributed by atoms with Gasteiger partial charge in [0.15, 0.2) is 0 Å². The Morgan fingerprint density at radius 1 is 0.944 bits per heavy atom. The largest absolute Gasteiger partial charge is 0.368 e. The van der Waals surface area contributed by atoms with Crippen LogP contribution < -0.4 is 11.1 Å². The van der Waals surface area contributed by atoms with Crippen LogP contribution >= 0.6 is 0 Å². The molecule has 1 atom stereocenters. The minimum atomic E-state index is -0.492. The van der Waals surface area contributed by atoms with Crippen LogP contribution in [0.3, 0.4) is 0 Å². The van der Waals surface area contributed by atoms with Crippen molar-refractivity contribution in [3.8, 4) is 0 Å². The second-order valence-electron chi connectivity index (χ2n) is 10.1. The number of carbonyl (C=O) groups is 1. The Hall–Kier alpha value is -3.49. The maximum Gasteiger partial charge on any atom is 0.240 e. The number of benzene rings is 2. The van der Waals surface area contributed by atoms with Gasteiger partial charge in [-0.3, -0.25) is 14.6 Å². The maximum atomic E-state index is 12.0. The number of rotatable bonds is 8. The van der Waals surface area contributed by atoms with Gasteiger partial charge in [0.05, 0.1) is 12.1 Å². The molecule has 0 spiro atoms. The van der Waals surface area contributed by atoms with Crippen LogP contribution in [-0.2, 0) is 24.9 Å². The molecule has 1 aliphatic rings. The molecular weight excluding hydrogens is 450 g/mol. The van der Waals surface area contributed by atoms with Gasteiger partial charge in [0, 0.05) is 62.3 Å². The summed E-state index contributed by atoms with van der Waals surface area (Å²) in [4.78, 5) is 26.6. The van der Waals surface area contributed by atoms with Gasteiger partial charge >= 0.3 is 0 Å². The van der Waals surface area contributed by atoms with E-state index in [2.05, 4.69) is 57.2 Å². The Kier molecular flexibility index (Phi) is 6.89. The highest BCUT2D eigenvalue weighted by Crippen LogP contribution is 2.24. The van der Waals surface area contributed by atoms with Crippen LogP contribution in [0, 0.1) is 5.92 Å². The molecule has 4 aromatic rings. The Morgan fingerprint density at radius 2 is 1.58 bits per heavy atom. The molecule has 0 bridgehead atoms. The van der Waals surface area contributed by atoms with Gasteiger partial charge in [-0.05, 0) is 29.7 Å². The number of para-hydroxylation sites is 2. The number of nitrogens with one attached hydrogen (secondary N) is 1. The van der Waals surface area contributed by atoms with Crippen molar-refractivity contribution in [1.82, 2.24) is 24.3 Å². The number of aromatic nitrogens is 3. The molecule has 2 aromatic heterocycles. The van der Waals surface area contributed by atoms with Gasteiger partial charge in [0.1, 0.15) is 17.7 Å². The van der Waals surface area contributed by atoms with Gasteiger partial charge in [-0.1, -0.05) is 44.2 Å². The van der Waals surface area contributed by atoms with Crippen LogP contribution in [0.2, 0.25) is 0 Å². The molecule has 3 N–H and O–H groups in total. The van der Waals surface area contributed by atoms with E-state index in [0.717, 1.165) is 49.5 Å². The summed E-state index contributed by atoms with van der Waals surface area (Å²) in [5.41, 5.74) is 9.18. The topological polar surface area (TPSA) is 92.3 Å². The Balaban J connectivity index is 1.27. The van der Waals surface area contributed by atoms with Crippen molar-refractivity contribution in [1.29, 1.82) is 0 Å². The Labute approximate surface area is 212 Å². The van der Waals surface area contributed by atoms with Crippen molar-refractivity contribution in [2.75, 3.05) is 31.5 Å². The van der Waals surface area contributed by atoms with Gasteiger partial charge < -0.3 is 15.6 Å². The van der Waals surface area contributed by atoms with E-state index in [9.17, 15) is 4.79 Å². The standard InChI is InChI=1S/C28H35N7O/c1-19(2)26(27(29)36)32-28-22-9-4-6-10-23(22)30-25(31-28)18-35-14-12-34(13-15-35)17-20-16-33(3)24-11-7-5-8-21(20)24/h4-11,16,19,26H,12-15,17-18H2,1-3H3,(H2,29,36)(H,30,31,32)/t26-/m0/s1. The van der Waals surface area contributed by atoms with E-state index >= 15 is 0 Å². The number of anilines is 1. The van der Waals surface area contributed by atoms with Crippen LogP contribution in [0.15, 0.2) is 54.7 Å². The van der Waals surface area contributed by atoms with Crippen molar-refractivity contribution in [3.63, 3.8) is 0 Å². The van der Waals surface area contributed by atoms with Crippen LogP contribution in [0.1, 0.15) is 25.2 Å². The van der Waals surface area contributed by atoms with E-state index in [1.54, 1.807) is 0 Å². The fourth-order valence-electron chi connectivity index (χ4n) is 5.12. The zero-order valence-electron chi connectivity index (χ0n) is 21.3. The smallest absolute Gasteiger partial charge is 0.240 e. The molecule has 0 saturated carbocycles. The molecular formula is C28H35N7O. The number of hydrogen-bond acceptors (Lipinski definition) is 6. The number of hydrogen-bond donors (Lipinski definition) is 2. The van der Waals surface area contributed by atoms with Crippen molar-refractivity contribution in [3.05, 3.63) is 66.1 Å². The third-order valence-electron chi connectivity index (χ3n) is 7.12. The predicted molar refractivity (Wildman–Crippen MR) is 144 cm³/mol. The molecule has 2 aromatic carbocycles. The van der Waals surface area contributed by atoms with E-state index in [4.69, 9.17) is 15.7 Å². The Bertz CT molecular complexity index is 1370. The van der Waals surface area contributed by atoms with E-state index < -0.39 is 6.04 Å². The number of fused-ring (bicyclic) bond motifs is 2. The first-order valence-corrected chi connectivity index (χ1v) is 12.7. The predicted octanol–water partition coefficient (Wildman–Crippen LogP) is 3.36. The second-order valence-corrected chi connectivity index (χ2v) is 10.1. The number of carbonyl (C=O) groups excluding carboxylic acids is 1. The summed E-state index contributed by atoms with van der Waals surface area (Å²) < 4.78 is 2.21. The van der Waals surface area contributed by atoms with Crippen LogP contribution in [-0.4, -0.2) is 62.5 Å². The monoisotopic (exact) mass is 485 g/mol. The van der Waals surface area contributed by atoms with Crippen molar-refractivity contribution < 1.29 is 4.79 Å². The van der Waals surface area contributed by atoms with Crippen molar-refractivity contribution in [2.24, 2.45) is 18.7 Å². The molecule has 0 unspecified atom stereocenters. The average molecular weight is 486 g/mol. The van der Waals surface area contributed by atoms with E-state index in [-0.39, 0.29) is 11.8 Å². The number of nitrogens with zero attached hydrogens (tertiary/aromatic N) is 5. The highest BCUT2D eigenvalue weighted by Gasteiger charge is 2.23. The first-order valence-electron chi connectivity index (χ1n) is 12.7. The number of nitrogens with two attached hydrogens (primary N) is 1. The minimum absolute atomic E-state index is 0.0505. The third-order valence-corrected chi connectivity index (χ3v) is 7.12. The normalized spacial score (nSPS) is 16.1. The Morgan fingerprint density at radius 3 is 2.28 bits per heavy atom. The lowest BCUT2D eigenvalue weighted by Crippen LogP contribution is -2.45. The van der Waals surface area contributed by atoms with E-state index in [0.29, 0.717) is 12.4 Å². The van der Waals surface area contributed by atoms with Crippen LogP contribution in [0.4, 0.5) is 5.82 Å². The van der Waals surface area contributed by atoms with E-state index in [1.807, 2.05) is 38.1 Å². The first kappa shape index (κ1) is 24.2. The van der Waals surface area contributed by atoms with Gasteiger partial charge in [0.2, 0.25) is 5.91 Å². The number of amides is 1. The molecule has 5 rings (SSSR count). The molecule has 188 valence electrons. The summed E-state index contributed by atoms with van der Waals surface area (Å²) in [5.74, 6) is 1.10. The molecule has 1 aliphatic heterocycles. The third kappa shape index (κ3) is 5.05. The van der Waals surface area contributed by atoms with Gasteiger partial charge in [-0.2, -0.15) is 0 Å². The van der Waals surface area contributed by atoms with Gasteiger partial charge in [-0.25, -0.2) is 9.97 Å². The molecule has 1 amide bonds. The second kappa shape index (κ2) is 10.2. The van der Waals surface area contributed by atoms with Gasteiger partial charge in [0.25, 0.3) is 0 Å². The molecule has 1 fully saturated rings. The summed E-state index contributed by atoms with van der Waals surface area (Å²) in [7, 11) is 2.11. The highest BCUT2D eigenvalue weighted by molar-refractivity contribution is 5.92. The summed E-state index contributed by atoms with van der Waals surface area (Å²) in [6.07, 6.45) is 2.25. The number of piperazine rings is 1. The summed E-state index contributed by atoms with van der Waals surface area (Å²) in [5, 5.41) is 5.53. The number of primary amides is 1. The molecule has 0 aliphatic carbocycles. The molecule has 1 saturated heterocycles. The lowest BCUT2D eigenvalue weighted by Gasteiger charge is -2.34. The summed E-state index contributed by atoms with van der Waals surface area (Å²) >= 11 is 0. The molecule has 36 heavy (non-hydrogen) atoms. The molecule has 8 nitrogen and oxygen atoms in total. The molecule has 8 heteroatoms. The SMILES string of the molecule is CC(C)[C@H](Nc1nc(CN2CCN(Cc3cn(C)c4ccccc34)CC2)nc2ccccc12)C(N)=O. The lowest BCUT2D eigenvalue weighted by molar-refractivity contribution is -0.119. The van der Waals surface area contributed by atoms with Gasteiger partial charge in [-0.15, -0.1) is 0 Å². The van der Waals surface area contributed by atoms with Crippen molar-refractivity contribution in [2.45, 2.75) is 33.0 Å². The lowest BCUT2D eigenvalue weighted by atomic mass is 10.0. The average Bonchev–Trinajstić information content (AvgIpc) is 3.18.